The van der Waals surface area contributed by atoms with Crippen LogP contribution in [0.4, 0.5) is 0 Å². The van der Waals surface area contributed by atoms with Crippen LogP contribution in [0.2, 0.25) is 0 Å². The van der Waals surface area contributed by atoms with Gasteiger partial charge in [-0.25, -0.2) is 0 Å². The van der Waals surface area contributed by atoms with Crippen LogP contribution in [0.5, 0.6) is 0 Å². The SMILES string of the molecule is CN1CCCC12CCN(C(=O)c1cccc(C(=O)N3CCC4(CCCN4C)CC3)c1)CC2. The molecule has 0 saturated carbocycles. The van der Waals surface area contributed by atoms with Crippen molar-refractivity contribution in [2.24, 2.45) is 0 Å². The Kier molecular flexibility index (Phi) is 5.79. The van der Waals surface area contributed by atoms with Gasteiger partial charge in [-0.05, 0) is 96.8 Å². The molecule has 0 bridgehead atoms. The molecule has 4 aliphatic rings. The van der Waals surface area contributed by atoms with Crippen LogP contribution in [0.3, 0.4) is 0 Å². The van der Waals surface area contributed by atoms with Crippen molar-refractivity contribution in [1.29, 1.82) is 0 Å². The largest absolute Gasteiger partial charge is 0.339 e. The molecule has 6 nitrogen and oxygen atoms in total. The predicted molar refractivity (Wildman–Crippen MR) is 126 cm³/mol. The summed E-state index contributed by atoms with van der Waals surface area (Å²) < 4.78 is 0. The second-order valence-corrected chi connectivity index (χ2v) is 10.7. The first-order valence-corrected chi connectivity index (χ1v) is 12.5. The highest BCUT2D eigenvalue weighted by Gasteiger charge is 2.43. The van der Waals surface area contributed by atoms with Crippen molar-refractivity contribution in [3.63, 3.8) is 0 Å². The summed E-state index contributed by atoms with van der Waals surface area (Å²) in [5.41, 5.74) is 1.90. The zero-order valence-corrected chi connectivity index (χ0v) is 19.8. The Morgan fingerprint density at radius 3 is 1.41 bits per heavy atom. The summed E-state index contributed by atoms with van der Waals surface area (Å²) in [5.74, 6) is 0.139. The summed E-state index contributed by atoms with van der Waals surface area (Å²) in [5, 5.41) is 0. The van der Waals surface area contributed by atoms with E-state index in [0.29, 0.717) is 22.2 Å². The summed E-state index contributed by atoms with van der Waals surface area (Å²) in [6.45, 7) is 5.58. The van der Waals surface area contributed by atoms with Crippen molar-refractivity contribution < 1.29 is 9.59 Å². The van der Waals surface area contributed by atoms with Gasteiger partial charge in [0, 0.05) is 48.4 Å². The second-order valence-electron chi connectivity index (χ2n) is 10.7. The van der Waals surface area contributed by atoms with Crippen LogP contribution >= 0.6 is 0 Å². The minimum atomic E-state index is 0.0697. The number of hydrogen-bond donors (Lipinski definition) is 0. The molecule has 6 heteroatoms. The lowest BCUT2D eigenvalue weighted by Gasteiger charge is -2.44. The normalized spacial score (nSPS) is 25.7. The molecule has 4 aliphatic heterocycles. The highest BCUT2D eigenvalue weighted by molar-refractivity contribution is 5.99. The average Bonchev–Trinajstić information content (AvgIpc) is 3.36. The molecule has 0 N–H and O–H groups in total. The highest BCUT2D eigenvalue weighted by atomic mass is 16.2. The van der Waals surface area contributed by atoms with Gasteiger partial charge in [0.25, 0.3) is 11.8 Å². The lowest BCUT2D eigenvalue weighted by Crippen LogP contribution is -2.52. The van der Waals surface area contributed by atoms with Crippen molar-refractivity contribution in [2.75, 3.05) is 53.4 Å². The Balaban J connectivity index is 1.22. The number of amides is 2. The molecule has 174 valence electrons. The van der Waals surface area contributed by atoms with Gasteiger partial charge in [-0.1, -0.05) is 6.07 Å². The monoisotopic (exact) mass is 438 g/mol. The summed E-state index contributed by atoms with van der Waals surface area (Å²) in [7, 11) is 4.46. The summed E-state index contributed by atoms with van der Waals surface area (Å²) in [6, 6.07) is 7.42. The van der Waals surface area contributed by atoms with E-state index in [0.717, 1.165) is 51.9 Å². The summed E-state index contributed by atoms with van der Waals surface area (Å²) in [4.78, 5) is 35.4. The summed E-state index contributed by atoms with van der Waals surface area (Å²) >= 11 is 0. The number of piperidine rings is 2. The van der Waals surface area contributed by atoms with Crippen molar-refractivity contribution in [2.45, 2.75) is 62.4 Å². The molecule has 4 heterocycles. The number of likely N-dealkylation sites (tertiary alicyclic amines) is 4. The maximum atomic E-state index is 13.2. The maximum absolute atomic E-state index is 13.2. The summed E-state index contributed by atoms with van der Waals surface area (Å²) in [6.07, 6.45) is 9.25. The Hall–Kier alpha value is -1.92. The van der Waals surface area contributed by atoms with Crippen LogP contribution in [-0.4, -0.2) is 95.9 Å². The average molecular weight is 439 g/mol. The number of hydrogen-bond acceptors (Lipinski definition) is 4. The minimum Gasteiger partial charge on any atom is -0.339 e. The molecular formula is C26H38N4O2. The Labute approximate surface area is 192 Å². The fourth-order valence-electron chi connectivity index (χ4n) is 6.81. The lowest BCUT2D eigenvalue weighted by molar-refractivity contribution is 0.0491. The van der Waals surface area contributed by atoms with E-state index in [4.69, 9.17) is 0 Å². The molecule has 0 unspecified atom stereocenters. The molecule has 4 fully saturated rings. The molecule has 0 aliphatic carbocycles. The van der Waals surface area contributed by atoms with Gasteiger partial charge in [0.2, 0.25) is 0 Å². The smallest absolute Gasteiger partial charge is 0.253 e. The van der Waals surface area contributed by atoms with Crippen LogP contribution in [-0.2, 0) is 0 Å². The molecule has 5 rings (SSSR count). The third kappa shape index (κ3) is 3.75. The van der Waals surface area contributed by atoms with E-state index in [9.17, 15) is 9.59 Å². The fraction of sp³-hybridized carbons (Fsp3) is 0.692. The first-order chi connectivity index (χ1) is 15.4. The zero-order valence-electron chi connectivity index (χ0n) is 19.8. The molecule has 0 aromatic heterocycles. The Bertz CT molecular complexity index is 801. The molecule has 0 atom stereocenters. The van der Waals surface area contributed by atoms with Gasteiger partial charge in [0.1, 0.15) is 0 Å². The van der Waals surface area contributed by atoms with Gasteiger partial charge in [-0.15, -0.1) is 0 Å². The molecule has 1 aromatic carbocycles. The van der Waals surface area contributed by atoms with Crippen LogP contribution in [0.25, 0.3) is 0 Å². The fourth-order valence-corrected chi connectivity index (χ4v) is 6.81. The van der Waals surface area contributed by atoms with E-state index in [1.165, 1.54) is 38.8 Å². The van der Waals surface area contributed by atoms with E-state index in [2.05, 4.69) is 23.9 Å². The van der Waals surface area contributed by atoms with Gasteiger partial charge >= 0.3 is 0 Å². The van der Waals surface area contributed by atoms with E-state index in [1.54, 1.807) is 0 Å². The maximum Gasteiger partial charge on any atom is 0.253 e. The van der Waals surface area contributed by atoms with Gasteiger partial charge in [-0.2, -0.15) is 0 Å². The van der Waals surface area contributed by atoms with Gasteiger partial charge in [0.15, 0.2) is 0 Å². The molecule has 2 spiro atoms. The molecular weight excluding hydrogens is 400 g/mol. The third-order valence-corrected chi connectivity index (χ3v) is 9.21. The standard InChI is InChI=1S/C26H38N4O2/c1-27-14-4-8-25(27)10-16-29(17-11-25)23(31)21-6-3-7-22(20-21)24(32)30-18-12-26(13-19-30)9-5-15-28(26)2/h3,6-7,20H,4-5,8-19H2,1-2H3. The molecule has 2 amide bonds. The van der Waals surface area contributed by atoms with Crippen molar-refractivity contribution in [3.8, 4) is 0 Å². The van der Waals surface area contributed by atoms with Crippen LogP contribution in [0.15, 0.2) is 24.3 Å². The zero-order chi connectivity index (χ0) is 22.3. The second kappa shape index (κ2) is 8.45. The lowest BCUT2D eigenvalue weighted by atomic mass is 9.85. The number of rotatable bonds is 2. The van der Waals surface area contributed by atoms with Gasteiger partial charge in [-0.3, -0.25) is 9.59 Å². The first-order valence-electron chi connectivity index (χ1n) is 12.5. The van der Waals surface area contributed by atoms with Crippen molar-refractivity contribution >= 4 is 11.8 Å². The minimum absolute atomic E-state index is 0.0697. The van der Waals surface area contributed by atoms with Crippen molar-refractivity contribution in [1.82, 2.24) is 19.6 Å². The van der Waals surface area contributed by atoms with Crippen LogP contribution < -0.4 is 0 Å². The number of carbonyl (C=O) groups excluding carboxylic acids is 2. The molecule has 0 radical (unpaired) electrons. The predicted octanol–water partition coefficient (Wildman–Crippen LogP) is 3.09. The highest BCUT2D eigenvalue weighted by Crippen LogP contribution is 2.38. The molecule has 4 saturated heterocycles. The third-order valence-electron chi connectivity index (χ3n) is 9.21. The van der Waals surface area contributed by atoms with E-state index < -0.39 is 0 Å². The topological polar surface area (TPSA) is 47.1 Å². The first kappa shape index (κ1) is 21.9. The van der Waals surface area contributed by atoms with Crippen LogP contribution in [0.1, 0.15) is 72.1 Å². The number of nitrogens with zero attached hydrogens (tertiary/aromatic N) is 4. The van der Waals surface area contributed by atoms with E-state index >= 15 is 0 Å². The Morgan fingerprint density at radius 1 is 0.656 bits per heavy atom. The van der Waals surface area contributed by atoms with Gasteiger partial charge in [0.05, 0.1) is 0 Å². The van der Waals surface area contributed by atoms with E-state index in [-0.39, 0.29) is 11.8 Å². The Morgan fingerprint density at radius 2 is 1.06 bits per heavy atom. The molecule has 32 heavy (non-hydrogen) atoms. The van der Waals surface area contributed by atoms with Crippen LogP contribution in [0, 0.1) is 0 Å². The van der Waals surface area contributed by atoms with Crippen molar-refractivity contribution in [3.05, 3.63) is 35.4 Å². The molecule has 1 aromatic rings. The number of carbonyl (C=O) groups is 2. The van der Waals surface area contributed by atoms with Gasteiger partial charge < -0.3 is 19.6 Å². The quantitative estimate of drug-likeness (QED) is 0.712. The van der Waals surface area contributed by atoms with E-state index in [1.807, 2.05) is 34.1 Å². The number of benzene rings is 1.